The van der Waals surface area contributed by atoms with Crippen LogP contribution < -0.4 is 4.90 Å². The van der Waals surface area contributed by atoms with Crippen molar-refractivity contribution in [1.82, 2.24) is 4.98 Å². The molecule has 2 atom stereocenters. The second kappa shape index (κ2) is 5.98. The number of rotatable bonds is 3. The van der Waals surface area contributed by atoms with E-state index in [4.69, 9.17) is 4.98 Å². The number of aldehydes is 1. The van der Waals surface area contributed by atoms with Gasteiger partial charge >= 0.3 is 0 Å². The van der Waals surface area contributed by atoms with Gasteiger partial charge in [0.05, 0.1) is 10.6 Å². The van der Waals surface area contributed by atoms with E-state index in [1.165, 1.54) is 24.2 Å². The number of hydrogen-bond donors (Lipinski definition) is 0. The first-order valence-corrected chi connectivity index (χ1v) is 8.28. The first-order chi connectivity index (χ1) is 10.2. The Hall–Kier alpha value is -1.68. The molecule has 2 aromatic rings. The molecule has 0 N–H and O–H groups in total. The minimum Gasteiger partial charge on any atom is -0.345 e. The Labute approximate surface area is 129 Å². The highest BCUT2D eigenvalue weighted by Crippen LogP contribution is 2.35. The maximum Gasteiger partial charge on any atom is 0.186 e. The van der Waals surface area contributed by atoms with E-state index in [0.29, 0.717) is 6.04 Å². The van der Waals surface area contributed by atoms with Crippen LogP contribution in [0.25, 0.3) is 11.3 Å². The first-order valence-electron chi connectivity index (χ1n) is 7.47. The SMILES string of the molecule is CC1CCN(c2nc(-c3ccccc3)c(C=O)s2)C(C)C1. The lowest BCUT2D eigenvalue weighted by molar-refractivity contribution is 0.112. The molecule has 1 aromatic heterocycles. The summed E-state index contributed by atoms with van der Waals surface area (Å²) in [6, 6.07) is 10.4. The molecular weight excluding hydrogens is 280 g/mol. The van der Waals surface area contributed by atoms with Gasteiger partial charge in [0.1, 0.15) is 0 Å². The number of piperidine rings is 1. The van der Waals surface area contributed by atoms with E-state index in [-0.39, 0.29) is 0 Å². The third kappa shape index (κ3) is 2.86. The Morgan fingerprint density at radius 3 is 2.71 bits per heavy atom. The summed E-state index contributed by atoms with van der Waals surface area (Å²) in [6.07, 6.45) is 3.32. The van der Waals surface area contributed by atoms with Gasteiger partial charge in [-0.15, -0.1) is 0 Å². The average Bonchev–Trinajstić information content (AvgIpc) is 2.92. The summed E-state index contributed by atoms with van der Waals surface area (Å²) >= 11 is 1.51. The van der Waals surface area contributed by atoms with E-state index in [2.05, 4.69) is 18.7 Å². The van der Waals surface area contributed by atoms with Crippen LogP contribution in [-0.4, -0.2) is 23.9 Å². The summed E-state index contributed by atoms with van der Waals surface area (Å²) in [5.74, 6) is 0.773. The van der Waals surface area contributed by atoms with Crippen molar-refractivity contribution in [3.63, 3.8) is 0 Å². The molecule has 21 heavy (non-hydrogen) atoms. The summed E-state index contributed by atoms with van der Waals surface area (Å²) in [5.41, 5.74) is 1.83. The number of benzene rings is 1. The molecule has 110 valence electrons. The number of carbonyl (C=O) groups is 1. The van der Waals surface area contributed by atoms with Gasteiger partial charge in [-0.3, -0.25) is 4.79 Å². The zero-order valence-corrected chi connectivity index (χ0v) is 13.3. The molecule has 3 rings (SSSR count). The lowest BCUT2D eigenvalue weighted by Crippen LogP contribution is -2.40. The van der Waals surface area contributed by atoms with Gasteiger partial charge in [-0.2, -0.15) is 0 Å². The maximum atomic E-state index is 11.4. The highest BCUT2D eigenvalue weighted by molar-refractivity contribution is 7.17. The van der Waals surface area contributed by atoms with E-state index in [1.807, 2.05) is 30.3 Å². The van der Waals surface area contributed by atoms with Crippen molar-refractivity contribution < 1.29 is 4.79 Å². The topological polar surface area (TPSA) is 33.2 Å². The van der Waals surface area contributed by atoms with Crippen molar-refractivity contribution >= 4 is 22.8 Å². The molecule has 2 unspecified atom stereocenters. The highest BCUT2D eigenvalue weighted by Gasteiger charge is 2.26. The van der Waals surface area contributed by atoms with Gasteiger partial charge in [0.15, 0.2) is 11.4 Å². The molecule has 0 spiro atoms. The van der Waals surface area contributed by atoms with Crippen molar-refractivity contribution in [2.75, 3.05) is 11.4 Å². The first kappa shape index (κ1) is 14.3. The molecule has 1 aromatic carbocycles. The normalized spacial score (nSPS) is 22.3. The summed E-state index contributed by atoms with van der Waals surface area (Å²) in [4.78, 5) is 19.2. The lowest BCUT2D eigenvalue weighted by Gasteiger charge is -2.36. The zero-order chi connectivity index (χ0) is 14.8. The number of carbonyl (C=O) groups excluding carboxylic acids is 1. The molecule has 1 aliphatic heterocycles. The molecule has 0 radical (unpaired) electrons. The third-order valence-electron chi connectivity index (χ3n) is 4.18. The molecule has 0 aliphatic carbocycles. The van der Waals surface area contributed by atoms with Gasteiger partial charge in [0.25, 0.3) is 0 Å². The summed E-state index contributed by atoms with van der Waals surface area (Å²) in [6.45, 7) is 5.59. The highest BCUT2D eigenvalue weighted by atomic mass is 32.1. The van der Waals surface area contributed by atoms with Crippen molar-refractivity contribution in [2.24, 2.45) is 5.92 Å². The second-order valence-corrected chi connectivity index (χ2v) is 6.87. The van der Waals surface area contributed by atoms with Crippen molar-refractivity contribution in [1.29, 1.82) is 0 Å². The van der Waals surface area contributed by atoms with Crippen LogP contribution >= 0.6 is 11.3 Å². The van der Waals surface area contributed by atoms with E-state index >= 15 is 0 Å². The molecule has 3 nitrogen and oxygen atoms in total. The van der Waals surface area contributed by atoms with E-state index in [0.717, 1.165) is 40.0 Å². The fourth-order valence-electron chi connectivity index (χ4n) is 3.02. The van der Waals surface area contributed by atoms with Gasteiger partial charge in [-0.25, -0.2) is 4.98 Å². The number of thiazole rings is 1. The Morgan fingerprint density at radius 2 is 2.05 bits per heavy atom. The fraction of sp³-hybridized carbons (Fsp3) is 0.412. The van der Waals surface area contributed by atoms with Crippen LogP contribution in [0.4, 0.5) is 5.13 Å². The predicted octanol–water partition coefficient (Wildman–Crippen LogP) is 4.25. The van der Waals surface area contributed by atoms with Gasteiger partial charge in [0.2, 0.25) is 0 Å². The van der Waals surface area contributed by atoms with E-state index in [9.17, 15) is 4.79 Å². The summed E-state index contributed by atoms with van der Waals surface area (Å²) in [5, 5.41) is 0.982. The molecular formula is C17H20N2OS. The van der Waals surface area contributed by atoms with E-state index < -0.39 is 0 Å². The molecule has 0 saturated carbocycles. The van der Waals surface area contributed by atoms with Gasteiger partial charge < -0.3 is 4.90 Å². The van der Waals surface area contributed by atoms with Crippen LogP contribution in [0.3, 0.4) is 0 Å². The Kier molecular flexibility index (Phi) is 4.06. The van der Waals surface area contributed by atoms with Crippen LogP contribution in [-0.2, 0) is 0 Å². The number of aromatic nitrogens is 1. The Morgan fingerprint density at radius 1 is 1.29 bits per heavy atom. The number of anilines is 1. The lowest BCUT2D eigenvalue weighted by atomic mass is 9.94. The minimum absolute atomic E-state index is 0.489. The monoisotopic (exact) mass is 300 g/mol. The summed E-state index contributed by atoms with van der Waals surface area (Å²) < 4.78 is 0. The second-order valence-electron chi connectivity index (χ2n) is 5.87. The fourth-order valence-corrected chi connectivity index (χ4v) is 4.05. The summed E-state index contributed by atoms with van der Waals surface area (Å²) in [7, 11) is 0. The zero-order valence-electron chi connectivity index (χ0n) is 12.5. The van der Waals surface area contributed by atoms with Crippen LogP contribution in [0.5, 0.6) is 0 Å². The van der Waals surface area contributed by atoms with Crippen molar-refractivity contribution in [3.05, 3.63) is 35.2 Å². The molecule has 1 fully saturated rings. The van der Waals surface area contributed by atoms with Crippen LogP contribution in [0.1, 0.15) is 36.4 Å². The maximum absolute atomic E-state index is 11.4. The Bertz CT molecular complexity index is 623. The molecule has 2 heterocycles. The number of nitrogens with zero attached hydrogens (tertiary/aromatic N) is 2. The minimum atomic E-state index is 0.489. The molecule has 1 aliphatic rings. The van der Waals surface area contributed by atoms with Gasteiger partial charge in [-0.05, 0) is 25.7 Å². The number of hydrogen-bond acceptors (Lipinski definition) is 4. The standard InChI is InChI=1S/C17H20N2OS/c1-12-8-9-19(13(2)10-12)17-18-16(15(11-20)21-17)14-6-4-3-5-7-14/h3-7,11-13H,8-10H2,1-2H3. The molecule has 4 heteroatoms. The van der Waals surface area contributed by atoms with Crippen molar-refractivity contribution in [2.45, 2.75) is 32.7 Å². The Balaban J connectivity index is 1.95. The molecule has 0 amide bonds. The third-order valence-corrected chi connectivity index (χ3v) is 5.20. The van der Waals surface area contributed by atoms with Crippen molar-refractivity contribution in [3.8, 4) is 11.3 Å². The quantitative estimate of drug-likeness (QED) is 0.795. The van der Waals surface area contributed by atoms with Crippen LogP contribution in [0, 0.1) is 5.92 Å². The molecule has 0 bridgehead atoms. The predicted molar refractivity (Wildman–Crippen MR) is 88.1 cm³/mol. The van der Waals surface area contributed by atoms with Gasteiger partial charge in [0, 0.05) is 18.2 Å². The van der Waals surface area contributed by atoms with Gasteiger partial charge in [-0.1, -0.05) is 48.6 Å². The molecule has 1 saturated heterocycles. The largest absolute Gasteiger partial charge is 0.345 e. The smallest absolute Gasteiger partial charge is 0.186 e. The average molecular weight is 300 g/mol. The van der Waals surface area contributed by atoms with E-state index in [1.54, 1.807) is 0 Å². The van der Waals surface area contributed by atoms with Crippen LogP contribution in [0.2, 0.25) is 0 Å². The van der Waals surface area contributed by atoms with Crippen LogP contribution in [0.15, 0.2) is 30.3 Å².